The van der Waals surface area contributed by atoms with Crippen LogP contribution in [0.1, 0.15) is 55.1 Å². The Morgan fingerprint density at radius 1 is 0.964 bits per heavy atom. The van der Waals surface area contributed by atoms with Crippen molar-refractivity contribution >= 4 is 23.0 Å². The number of hydrogen-bond acceptors (Lipinski definition) is 5. The van der Waals surface area contributed by atoms with Gasteiger partial charge in [-0.2, -0.15) is 0 Å². The first-order valence-electron chi connectivity index (χ1n) is 10.1. The van der Waals surface area contributed by atoms with Gasteiger partial charge < -0.3 is 19.2 Å². The van der Waals surface area contributed by atoms with E-state index in [4.69, 9.17) is 4.52 Å². The van der Waals surface area contributed by atoms with Crippen LogP contribution in [0.2, 0.25) is 0 Å². The minimum absolute atomic E-state index is 0.0598. The number of amides is 3. The fraction of sp³-hybridized carbons (Fsp3) is 0.600. The van der Waals surface area contributed by atoms with E-state index in [1.807, 2.05) is 29.7 Å². The molecule has 0 atom stereocenters. The lowest BCUT2D eigenvalue weighted by atomic mass is 10.1. The second-order valence-corrected chi connectivity index (χ2v) is 7.91. The second kappa shape index (κ2) is 7.77. The van der Waals surface area contributed by atoms with Gasteiger partial charge in [0.25, 0.3) is 11.6 Å². The molecule has 2 aliphatic rings. The maximum absolute atomic E-state index is 12.9. The Morgan fingerprint density at radius 3 is 2.29 bits per heavy atom. The number of piperidine rings is 1. The standard InChI is InChI=1S/C20H27N5O3/c1-14(2)17-16-12-15(13-21-18(16)28-22-17)19(26)23-8-10-25(11-9-23)20(27)24-6-4-3-5-7-24/h12-14H,3-11H2,1-2H3. The van der Waals surface area contributed by atoms with E-state index in [-0.39, 0.29) is 17.9 Å². The molecule has 2 aliphatic heterocycles. The predicted molar refractivity (Wildman–Crippen MR) is 104 cm³/mol. The van der Waals surface area contributed by atoms with E-state index >= 15 is 0 Å². The van der Waals surface area contributed by atoms with Crippen molar-refractivity contribution in [3.8, 4) is 0 Å². The minimum Gasteiger partial charge on any atom is -0.336 e. The van der Waals surface area contributed by atoms with E-state index in [2.05, 4.69) is 10.1 Å². The van der Waals surface area contributed by atoms with Crippen LogP contribution in [0, 0.1) is 0 Å². The fourth-order valence-electron chi connectivity index (χ4n) is 3.95. The molecule has 3 amide bonds. The number of piperazine rings is 1. The maximum Gasteiger partial charge on any atom is 0.320 e. The number of nitrogens with zero attached hydrogens (tertiary/aromatic N) is 5. The van der Waals surface area contributed by atoms with Gasteiger partial charge in [0, 0.05) is 45.5 Å². The summed E-state index contributed by atoms with van der Waals surface area (Å²) in [5.74, 6) is 0.133. The number of fused-ring (bicyclic) bond motifs is 1. The molecule has 2 aromatic rings. The van der Waals surface area contributed by atoms with E-state index in [0.29, 0.717) is 37.5 Å². The smallest absolute Gasteiger partial charge is 0.320 e. The highest BCUT2D eigenvalue weighted by atomic mass is 16.5. The maximum atomic E-state index is 12.9. The highest BCUT2D eigenvalue weighted by Gasteiger charge is 2.28. The number of carbonyl (C=O) groups is 2. The van der Waals surface area contributed by atoms with Crippen LogP contribution in [0.5, 0.6) is 0 Å². The van der Waals surface area contributed by atoms with Crippen molar-refractivity contribution < 1.29 is 14.1 Å². The zero-order valence-electron chi connectivity index (χ0n) is 16.6. The number of carbonyl (C=O) groups excluding carboxylic acids is 2. The second-order valence-electron chi connectivity index (χ2n) is 7.91. The molecule has 2 fully saturated rings. The molecular weight excluding hydrogens is 358 g/mol. The van der Waals surface area contributed by atoms with Crippen LogP contribution in [0.4, 0.5) is 4.79 Å². The normalized spacial score (nSPS) is 18.2. The summed E-state index contributed by atoms with van der Waals surface area (Å²) >= 11 is 0. The number of rotatable bonds is 2. The minimum atomic E-state index is -0.0598. The van der Waals surface area contributed by atoms with Crippen LogP contribution in [0.3, 0.4) is 0 Å². The van der Waals surface area contributed by atoms with Crippen molar-refractivity contribution in [3.63, 3.8) is 0 Å². The number of urea groups is 1. The first-order chi connectivity index (χ1) is 13.5. The summed E-state index contributed by atoms with van der Waals surface area (Å²) in [6.45, 7) is 7.98. The lowest BCUT2D eigenvalue weighted by Crippen LogP contribution is -2.54. The summed E-state index contributed by atoms with van der Waals surface area (Å²) in [4.78, 5) is 35.4. The van der Waals surface area contributed by atoms with Gasteiger partial charge in [-0.15, -0.1) is 0 Å². The van der Waals surface area contributed by atoms with E-state index < -0.39 is 0 Å². The summed E-state index contributed by atoms with van der Waals surface area (Å²) < 4.78 is 5.25. The van der Waals surface area contributed by atoms with Crippen LogP contribution in [-0.2, 0) is 0 Å². The molecule has 150 valence electrons. The molecule has 0 unspecified atom stereocenters. The molecule has 2 aromatic heterocycles. The highest BCUT2D eigenvalue weighted by Crippen LogP contribution is 2.24. The van der Waals surface area contributed by atoms with Crippen molar-refractivity contribution in [2.75, 3.05) is 39.3 Å². The van der Waals surface area contributed by atoms with Crippen molar-refractivity contribution in [2.24, 2.45) is 0 Å². The number of aromatic nitrogens is 2. The van der Waals surface area contributed by atoms with Gasteiger partial charge in [0.05, 0.1) is 16.6 Å². The molecule has 0 saturated carbocycles. The van der Waals surface area contributed by atoms with E-state index in [0.717, 1.165) is 37.0 Å². The highest BCUT2D eigenvalue weighted by molar-refractivity contribution is 5.97. The first kappa shape index (κ1) is 18.7. The largest absolute Gasteiger partial charge is 0.336 e. The molecule has 0 aromatic carbocycles. The van der Waals surface area contributed by atoms with E-state index in [1.54, 1.807) is 11.1 Å². The molecule has 2 saturated heterocycles. The van der Waals surface area contributed by atoms with Gasteiger partial charge in [0.2, 0.25) is 0 Å². The Labute approximate surface area is 164 Å². The Morgan fingerprint density at radius 2 is 1.61 bits per heavy atom. The summed E-state index contributed by atoms with van der Waals surface area (Å²) in [5.41, 5.74) is 1.81. The monoisotopic (exact) mass is 385 g/mol. The van der Waals surface area contributed by atoms with E-state index in [9.17, 15) is 9.59 Å². The summed E-state index contributed by atoms with van der Waals surface area (Å²) in [6, 6.07) is 1.93. The van der Waals surface area contributed by atoms with Crippen LogP contribution < -0.4 is 0 Å². The van der Waals surface area contributed by atoms with Gasteiger partial charge in [-0.25, -0.2) is 9.78 Å². The van der Waals surface area contributed by atoms with E-state index in [1.165, 1.54) is 6.42 Å². The first-order valence-corrected chi connectivity index (χ1v) is 10.1. The zero-order valence-corrected chi connectivity index (χ0v) is 16.6. The Hall–Kier alpha value is -2.64. The summed E-state index contributed by atoms with van der Waals surface area (Å²) in [6.07, 6.45) is 4.92. The van der Waals surface area contributed by atoms with Gasteiger partial charge in [-0.05, 0) is 31.2 Å². The average molecular weight is 385 g/mol. The van der Waals surface area contributed by atoms with Crippen molar-refractivity contribution in [2.45, 2.75) is 39.0 Å². The van der Waals surface area contributed by atoms with Crippen LogP contribution >= 0.6 is 0 Å². The molecule has 8 nitrogen and oxygen atoms in total. The Kier molecular flexibility index (Phi) is 5.19. The topological polar surface area (TPSA) is 82.8 Å². The Bertz CT molecular complexity index is 864. The van der Waals surface area contributed by atoms with Crippen molar-refractivity contribution in [1.82, 2.24) is 24.8 Å². The lowest BCUT2D eigenvalue weighted by molar-refractivity contribution is 0.0632. The fourth-order valence-corrected chi connectivity index (χ4v) is 3.95. The molecule has 28 heavy (non-hydrogen) atoms. The molecule has 0 bridgehead atoms. The number of likely N-dealkylation sites (tertiary alicyclic amines) is 1. The molecule has 4 rings (SSSR count). The van der Waals surface area contributed by atoms with Gasteiger partial charge in [0.1, 0.15) is 0 Å². The van der Waals surface area contributed by atoms with Gasteiger partial charge in [-0.3, -0.25) is 4.79 Å². The molecule has 4 heterocycles. The third-order valence-corrected chi connectivity index (χ3v) is 5.62. The van der Waals surface area contributed by atoms with Crippen molar-refractivity contribution in [1.29, 1.82) is 0 Å². The SMILES string of the molecule is CC(C)c1noc2ncc(C(=O)N3CCN(C(=O)N4CCCCC4)CC3)cc12. The lowest BCUT2D eigenvalue weighted by Gasteiger charge is -2.38. The van der Waals surface area contributed by atoms with Crippen LogP contribution in [0.15, 0.2) is 16.8 Å². The predicted octanol–water partition coefficient (Wildman–Crippen LogP) is 2.71. The molecule has 0 N–H and O–H groups in total. The quantitative estimate of drug-likeness (QED) is 0.794. The third kappa shape index (κ3) is 3.55. The molecular formula is C20H27N5O3. The van der Waals surface area contributed by atoms with Gasteiger partial charge in [0.15, 0.2) is 0 Å². The molecule has 0 radical (unpaired) electrons. The van der Waals surface area contributed by atoms with Gasteiger partial charge in [-0.1, -0.05) is 19.0 Å². The molecule has 0 aliphatic carbocycles. The number of hydrogen-bond donors (Lipinski definition) is 0. The van der Waals surface area contributed by atoms with Crippen LogP contribution in [-0.4, -0.2) is 76.0 Å². The third-order valence-electron chi connectivity index (χ3n) is 5.62. The Balaban J connectivity index is 1.42. The summed E-state index contributed by atoms with van der Waals surface area (Å²) in [5, 5.41) is 4.86. The zero-order chi connectivity index (χ0) is 19.7. The summed E-state index contributed by atoms with van der Waals surface area (Å²) in [7, 11) is 0. The molecule has 0 spiro atoms. The molecule has 8 heteroatoms. The average Bonchev–Trinajstić information content (AvgIpc) is 3.17. The van der Waals surface area contributed by atoms with Crippen LogP contribution in [0.25, 0.3) is 11.1 Å². The van der Waals surface area contributed by atoms with Crippen molar-refractivity contribution in [3.05, 3.63) is 23.5 Å². The number of pyridine rings is 1. The van der Waals surface area contributed by atoms with Gasteiger partial charge >= 0.3 is 6.03 Å².